The number of nitrogens with two attached hydrogens (primary N) is 1. The molecule has 4 aromatic rings. The van der Waals surface area contributed by atoms with Crippen LogP contribution < -0.4 is 9.94 Å². The first kappa shape index (κ1) is 21.7. The zero-order chi connectivity index (χ0) is 22.7. The molecule has 0 saturated carbocycles. The van der Waals surface area contributed by atoms with Crippen molar-refractivity contribution in [3.8, 4) is 12.3 Å². The first-order valence-electron chi connectivity index (χ1n) is 9.66. The number of rotatable bonds is 5. The topological polar surface area (TPSA) is 94.5 Å². The van der Waals surface area contributed by atoms with Crippen LogP contribution in [-0.2, 0) is 21.4 Å². The van der Waals surface area contributed by atoms with Gasteiger partial charge in [-0.05, 0) is 29.3 Å². The molecule has 160 valence electrons. The van der Waals surface area contributed by atoms with Crippen molar-refractivity contribution in [2.24, 2.45) is 10.1 Å². The van der Waals surface area contributed by atoms with Crippen LogP contribution in [0.25, 0.3) is 10.2 Å². The van der Waals surface area contributed by atoms with Crippen molar-refractivity contribution < 1.29 is 13.2 Å². The fourth-order valence-electron chi connectivity index (χ4n) is 3.49. The summed E-state index contributed by atoms with van der Waals surface area (Å²) < 4.78 is 25.8. The summed E-state index contributed by atoms with van der Waals surface area (Å²) in [6, 6.07) is 23.4. The number of primary sulfonamides is 1. The largest absolute Gasteiger partial charge is 0.305 e. The molecule has 1 amide bonds. The quantitative estimate of drug-likeness (QED) is 0.462. The molecule has 0 saturated heterocycles. The standard InChI is InChI=1S/C24H19N3O3S2/c1-2-15-27-20-14-13-19(32(25,29)30)16-21(20)31-24(27)26-23(28)22(17-9-5-3-6-10-17)18-11-7-4-8-12-18/h1,3-14,16,22H,15H2,(H2,25,29,30). The van der Waals surface area contributed by atoms with Crippen molar-refractivity contribution in [1.29, 1.82) is 0 Å². The minimum Gasteiger partial charge on any atom is -0.305 e. The predicted molar refractivity (Wildman–Crippen MR) is 125 cm³/mol. The first-order chi connectivity index (χ1) is 15.4. The maximum Gasteiger partial charge on any atom is 0.260 e. The first-order valence-corrected chi connectivity index (χ1v) is 12.0. The van der Waals surface area contributed by atoms with E-state index in [4.69, 9.17) is 11.6 Å². The summed E-state index contributed by atoms with van der Waals surface area (Å²) in [4.78, 5) is 18.2. The van der Waals surface area contributed by atoms with Crippen LogP contribution in [0.2, 0.25) is 0 Å². The number of fused-ring (bicyclic) bond motifs is 1. The lowest BCUT2D eigenvalue weighted by Crippen LogP contribution is -2.20. The number of carbonyl (C=O) groups excluding carboxylic acids is 1. The molecule has 0 atom stereocenters. The number of amides is 1. The number of aromatic nitrogens is 1. The smallest absolute Gasteiger partial charge is 0.260 e. The number of benzene rings is 3. The van der Waals surface area contributed by atoms with Crippen LogP contribution in [-0.4, -0.2) is 18.9 Å². The summed E-state index contributed by atoms with van der Waals surface area (Å²) >= 11 is 1.19. The molecule has 0 bridgehead atoms. The number of hydrogen-bond donors (Lipinski definition) is 1. The lowest BCUT2D eigenvalue weighted by atomic mass is 9.91. The molecule has 6 nitrogen and oxygen atoms in total. The molecule has 0 aliphatic rings. The van der Waals surface area contributed by atoms with Gasteiger partial charge < -0.3 is 4.57 Å². The Morgan fingerprint density at radius 1 is 1.03 bits per heavy atom. The number of thiazole rings is 1. The molecule has 32 heavy (non-hydrogen) atoms. The molecule has 1 aromatic heterocycles. The SMILES string of the molecule is C#CCn1c(=NC(=O)C(c2ccccc2)c2ccccc2)sc2cc(S(N)(=O)=O)ccc21. The van der Waals surface area contributed by atoms with Gasteiger partial charge in [0.25, 0.3) is 5.91 Å². The van der Waals surface area contributed by atoms with Crippen molar-refractivity contribution in [2.45, 2.75) is 17.4 Å². The molecule has 0 aliphatic carbocycles. The Balaban J connectivity index is 1.88. The number of carbonyl (C=O) groups is 1. The van der Waals surface area contributed by atoms with Crippen LogP contribution in [0.3, 0.4) is 0 Å². The molecule has 0 radical (unpaired) electrons. The van der Waals surface area contributed by atoms with Gasteiger partial charge in [0.2, 0.25) is 10.0 Å². The molecule has 1 heterocycles. The third-order valence-electron chi connectivity index (χ3n) is 4.95. The zero-order valence-electron chi connectivity index (χ0n) is 16.9. The van der Waals surface area contributed by atoms with Crippen LogP contribution in [0.4, 0.5) is 0 Å². The second-order valence-electron chi connectivity index (χ2n) is 7.05. The number of sulfonamides is 1. The summed E-state index contributed by atoms with van der Waals surface area (Å²) in [5, 5.41) is 5.26. The molecule has 2 N–H and O–H groups in total. The van der Waals surface area contributed by atoms with E-state index < -0.39 is 15.9 Å². The second kappa shape index (κ2) is 8.93. The molecule has 0 spiro atoms. The maximum absolute atomic E-state index is 13.4. The van der Waals surface area contributed by atoms with Crippen molar-refractivity contribution in [3.05, 3.63) is 94.8 Å². The van der Waals surface area contributed by atoms with E-state index in [0.717, 1.165) is 11.1 Å². The van der Waals surface area contributed by atoms with Gasteiger partial charge in [-0.15, -0.1) is 6.42 Å². The molecule has 3 aromatic carbocycles. The van der Waals surface area contributed by atoms with Gasteiger partial charge in [0.05, 0.1) is 27.6 Å². The van der Waals surface area contributed by atoms with Crippen LogP contribution in [0.1, 0.15) is 17.0 Å². The van der Waals surface area contributed by atoms with Gasteiger partial charge in [0, 0.05) is 0 Å². The highest BCUT2D eigenvalue weighted by Crippen LogP contribution is 2.26. The monoisotopic (exact) mass is 461 g/mol. The summed E-state index contributed by atoms with van der Waals surface area (Å²) in [6.07, 6.45) is 5.54. The molecular weight excluding hydrogens is 442 g/mol. The lowest BCUT2D eigenvalue weighted by Gasteiger charge is -2.14. The van der Waals surface area contributed by atoms with Gasteiger partial charge in [-0.25, -0.2) is 13.6 Å². The summed E-state index contributed by atoms with van der Waals surface area (Å²) in [7, 11) is -3.86. The normalized spacial score (nSPS) is 12.2. The van der Waals surface area contributed by atoms with Crippen LogP contribution in [0, 0.1) is 12.3 Å². The fraction of sp³-hybridized carbons (Fsp3) is 0.0833. The molecule has 0 aliphatic heterocycles. The average molecular weight is 462 g/mol. The predicted octanol–water partition coefficient (Wildman–Crippen LogP) is 3.24. The van der Waals surface area contributed by atoms with Crippen LogP contribution in [0.15, 0.2) is 88.8 Å². The summed E-state index contributed by atoms with van der Waals surface area (Å²) in [6.45, 7) is 0.183. The minimum atomic E-state index is -3.86. The van der Waals surface area contributed by atoms with Crippen molar-refractivity contribution in [2.75, 3.05) is 0 Å². The fourth-order valence-corrected chi connectivity index (χ4v) is 5.18. The number of hydrogen-bond acceptors (Lipinski definition) is 4. The molecule has 0 fully saturated rings. The number of terminal acetylenes is 1. The van der Waals surface area contributed by atoms with E-state index in [2.05, 4.69) is 10.9 Å². The van der Waals surface area contributed by atoms with Gasteiger partial charge in [-0.2, -0.15) is 4.99 Å². The van der Waals surface area contributed by atoms with E-state index in [9.17, 15) is 13.2 Å². The number of nitrogens with zero attached hydrogens (tertiary/aromatic N) is 2. The van der Waals surface area contributed by atoms with Gasteiger partial charge in [-0.3, -0.25) is 4.79 Å². The van der Waals surface area contributed by atoms with E-state index in [1.54, 1.807) is 10.6 Å². The minimum absolute atomic E-state index is 0.0107. The summed E-state index contributed by atoms with van der Waals surface area (Å²) in [5.41, 5.74) is 2.34. The lowest BCUT2D eigenvalue weighted by molar-refractivity contribution is -0.118. The van der Waals surface area contributed by atoms with E-state index in [1.807, 2.05) is 60.7 Å². The molecule has 8 heteroatoms. The zero-order valence-corrected chi connectivity index (χ0v) is 18.5. The highest BCUT2D eigenvalue weighted by atomic mass is 32.2. The van der Waals surface area contributed by atoms with E-state index in [-0.39, 0.29) is 17.3 Å². The van der Waals surface area contributed by atoms with E-state index >= 15 is 0 Å². The molecular formula is C24H19N3O3S2. The van der Waals surface area contributed by atoms with Gasteiger partial charge >= 0.3 is 0 Å². The third kappa shape index (κ3) is 4.41. The molecule has 0 unspecified atom stereocenters. The van der Waals surface area contributed by atoms with Gasteiger partial charge in [0.15, 0.2) is 4.80 Å². The highest BCUT2D eigenvalue weighted by molar-refractivity contribution is 7.89. The van der Waals surface area contributed by atoms with E-state index in [1.165, 1.54) is 23.5 Å². The third-order valence-corrected chi connectivity index (χ3v) is 6.90. The van der Waals surface area contributed by atoms with Crippen molar-refractivity contribution in [3.63, 3.8) is 0 Å². The van der Waals surface area contributed by atoms with E-state index in [0.29, 0.717) is 15.0 Å². The Morgan fingerprint density at radius 3 is 2.16 bits per heavy atom. The highest BCUT2D eigenvalue weighted by Gasteiger charge is 2.23. The Morgan fingerprint density at radius 2 is 1.62 bits per heavy atom. The summed E-state index contributed by atoms with van der Waals surface area (Å²) in [5.74, 6) is 1.65. The average Bonchev–Trinajstić information content (AvgIpc) is 3.11. The Bertz CT molecular complexity index is 1460. The van der Waals surface area contributed by atoms with Gasteiger partial charge in [0.1, 0.15) is 0 Å². The van der Waals surface area contributed by atoms with Crippen LogP contribution >= 0.6 is 11.3 Å². The van der Waals surface area contributed by atoms with Crippen molar-refractivity contribution >= 4 is 37.5 Å². The second-order valence-corrected chi connectivity index (χ2v) is 9.62. The Kier molecular flexibility index (Phi) is 6.06. The van der Waals surface area contributed by atoms with Gasteiger partial charge in [-0.1, -0.05) is 77.9 Å². The Labute approximate surface area is 189 Å². The molecule has 4 rings (SSSR count). The van der Waals surface area contributed by atoms with Crippen molar-refractivity contribution in [1.82, 2.24) is 4.57 Å². The van der Waals surface area contributed by atoms with Crippen LogP contribution in [0.5, 0.6) is 0 Å². The maximum atomic E-state index is 13.4. The Hall–Kier alpha value is -3.51.